The zero-order valence-corrected chi connectivity index (χ0v) is 12.5. The van der Waals surface area contributed by atoms with E-state index < -0.39 is 20.2 Å². The van der Waals surface area contributed by atoms with Crippen molar-refractivity contribution in [1.82, 2.24) is 0 Å². The standard InChI is InChI=1S/C12H15ClF3NO2S/c1-11(2,7-8-13)17-9-3-5-10(6-4-9)20(18,19)12(14,15)16/h3-6,17H,7-8H2,1-2H3. The molecule has 8 heteroatoms. The molecule has 0 aliphatic heterocycles. The molecular formula is C12H15ClF3NO2S. The Labute approximate surface area is 121 Å². The predicted molar refractivity (Wildman–Crippen MR) is 72.7 cm³/mol. The summed E-state index contributed by atoms with van der Waals surface area (Å²) in [6, 6.07) is 4.47. The van der Waals surface area contributed by atoms with E-state index in [1.54, 1.807) is 0 Å². The summed E-state index contributed by atoms with van der Waals surface area (Å²) in [6.07, 6.45) is 0.650. The smallest absolute Gasteiger partial charge is 0.380 e. The molecule has 0 saturated heterocycles. The predicted octanol–water partition coefficient (Wildman–Crippen LogP) is 3.80. The van der Waals surface area contributed by atoms with Gasteiger partial charge in [0.25, 0.3) is 9.84 Å². The first-order valence-corrected chi connectivity index (χ1v) is 7.77. The molecule has 3 nitrogen and oxygen atoms in total. The van der Waals surface area contributed by atoms with Crippen molar-refractivity contribution in [2.24, 2.45) is 0 Å². The van der Waals surface area contributed by atoms with Crippen molar-refractivity contribution in [2.45, 2.75) is 36.2 Å². The van der Waals surface area contributed by atoms with Crippen LogP contribution in [0.5, 0.6) is 0 Å². The quantitative estimate of drug-likeness (QED) is 0.836. The van der Waals surface area contributed by atoms with Crippen molar-refractivity contribution in [3.05, 3.63) is 24.3 Å². The van der Waals surface area contributed by atoms with Crippen LogP contribution in [0.4, 0.5) is 18.9 Å². The van der Waals surface area contributed by atoms with E-state index in [4.69, 9.17) is 11.6 Å². The maximum atomic E-state index is 12.4. The SMILES string of the molecule is CC(C)(CCCl)Nc1ccc(S(=O)(=O)C(F)(F)F)cc1. The number of hydrogen-bond donors (Lipinski definition) is 1. The molecule has 0 spiro atoms. The molecule has 114 valence electrons. The van der Waals surface area contributed by atoms with Crippen molar-refractivity contribution in [1.29, 1.82) is 0 Å². The monoisotopic (exact) mass is 329 g/mol. The summed E-state index contributed by atoms with van der Waals surface area (Å²) >= 11 is 5.64. The highest BCUT2D eigenvalue weighted by molar-refractivity contribution is 7.92. The Balaban J connectivity index is 2.96. The molecule has 0 atom stereocenters. The molecule has 0 aliphatic carbocycles. The lowest BCUT2D eigenvalue weighted by Crippen LogP contribution is -2.31. The van der Waals surface area contributed by atoms with Gasteiger partial charge in [-0.3, -0.25) is 0 Å². The summed E-state index contributed by atoms with van der Waals surface area (Å²) in [5, 5.41) is 3.08. The average molecular weight is 330 g/mol. The van der Waals surface area contributed by atoms with E-state index in [1.807, 2.05) is 13.8 Å². The molecule has 1 N–H and O–H groups in total. The Kier molecular flexibility index (Phi) is 4.97. The number of sulfone groups is 1. The van der Waals surface area contributed by atoms with Crippen molar-refractivity contribution < 1.29 is 21.6 Å². The normalized spacial score (nSPS) is 13.3. The van der Waals surface area contributed by atoms with Gasteiger partial charge in [-0.2, -0.15) is 13.2 Å². The van der Waals surface area contributed by atoms with E-state index >= 15 is 0 Å². The van der Waals surface area contributed by atoms with E-state index in [1.165, 1.54) is 12.1 Å². The zero-order chi connectivity index (χ0) is 15.6. The van der Waals surface area contributed by atoms with Crippen molar-refractivity contribution in [3.8, 4) is 0 Å². The van der Waals surface area contributed by atoms with Crippen molar-refractivity contribution in [3.63, 3.8) is 0 Å². The van der Waals surface area contributed by atoms with Crippen molar-refractivity contribution >= 4 is 27.1 Å². The van der Waals surface area contributed by atoms with Crippen LogP contribution in [0.3, 0.4) is 0 Å². The van der Waals surface area contributed by atoms with Gasteiger partial charge in [0, 0.05) is 17.1 Å². The topological polar surface area (TPSA) is 46.2 Å². The van der Waals surface area contributed by atoms with Crippen LogP contribution in [-0.2, 0) is 9.84 Å². The molecule has 20 heavy (non-hydrogen) atoms. The lowest BCUT2D eigenvalue weighted by molar-refractivity contribution is -0.0436. The zero-order valence-electron chi connectivity index (χ0n) is 11.0. The fourth-order valence-corrected chi connectivity index (χ4v) is 2.77. The molecule has 0 radical (unpaired) electrons. The Hall–Kier alpha value is -0.950. The number of nitrogens with one attached hydrogen (secondary N) is 1. The van der Waals surface area contributed by atoms with Crippen LogP contribution in [0, 0.1) is 0 Å². The molecule has 0 fully saturated rings. The van der Waals surface area contributed by atoms with E-state index in [-0.39, 0.29) is 5.54 Å². The minimum absolute atomic E-state index is 0.341. The third-order valence-electron chi connectivity index (χ3n) is 2.67. The minimum atomic E-state index is -5.30. The summed E-state index contributed by atoms with van der Waals surface area (Å²) < 4.78 is 59.5. The second-order valence-corrected chi connectivity index (χ2v) is 7.24. The highest BCUT2D eigenvalue weighted by Crippen LogP contribution is 2.31. The van der Waals surface area contributed by atoms with Crippen LogP contribution in [-0.4, -0.2) is 25.3 Å². The number of anilines is 1. The molecule has 0 aliphatic rings. The highest BCUT2D eigenvalue weighted by atomic mass is 35.5. The van der Waals surface area contributed by atoms with E-state index in [2.05, 4.69) is 5.32 Å². The summed E-state index contributed by atoms with van der Waals surface area (Å²) in [6.45, 7) is 3.77. The van der Waals surface area contributed by atoms with Crippen LogP contribution >= 0.6 is 11.6 Å². The maximum absolute atomic E-state index is 12.4. The van der Waals surface area contributed by atoms with Crippen LogP contribution in [0.2, 0.25) is 0 Å². The highest BCUT2D eigenvalue weighted by Gasteiger charge is 2.46. The number of benzene rings is 1. The Morgan fingerprint density at radius 2 is 1.65 bits per heavy atom. The molecule has 0 unspecified atom stereocenters. The summed E-state index contributed by atoms with van der Waals surface area (Å²) in [7, 11) is -5.30. The van der Waals surface area contributed by atoms with Gasteiger partial charge >= 0.3 is 5.51 Å². The summed E-state index contributed by atoms with van der Waals surface area (Å²) in [5.74, 6) is 0.431. The van der Waals surface area contributed by atoms with Gasteiger partial charge in [0.2, 0.25) is 0 Å². The van der Waals surface area contributed by atoms with Gasteiger partial charge in [0.05, 0.1) is 4.90 Å². The van der Waals surface area contributed by atoms with Gasteiger partial charge in [-0.05, 0) is 44.5 Å². The van der Waals surface area contributed by atoms with Gasteiger partial charge in [-0.1, -0.05) is 0 Å². The first kappa shape index (κ1) is 17.1. The maximum Gasteiger partial charge on any atom is 0.501 e. The van der Waals surface area contributed by atoms with Crippen LogP contribution in [0.1, 0.15) is 20.3 Å². The van der Waals surface area contributed by atoms with Crippen molar-refractivity contribution in [2.75, 3.05) is 11.2 Å². The molecular weight excluding hydrogens is 315 g/mol. The van der Waals surface area contributed by atoms with Gasteiger partial charge in [0.1, 0.15) is 0 Å². The lowest BCUT2D eigenvalue weighted by Gasteiger charge is -2.26. The molecule has 1 aromatic carbocycles. The second-order valence-electron chi connectivity index (χ2n) is 4.92. The third-order valence-corrected chi connectivity index (χ3v) is 4.36. The molecule has 0 saturated carbocycles. The van der Waals surface area contributed by atoms with E-state index in [0.717, 1.165) is 12.1 Å². The number of alkyl halides is 4. The van der Waals surface area contributed by atoms with Crippen LogP contribution < -0.4 is 5.32 Å². The molecule has 0 amide bonds. The van der Waals surface area contributed by atoms with E-state index in [9.17, 15) is 21.6 Å². The molecule has 0 heterocycles. The second kappa shape index (κ2) is 5.81. The lowest BCUT2D eigenvalue weighted by atomic mass is 10.0. The van der Waals surface area contributed by atoms with Gasteiger partial charge < -0.3 is 5.32 Å². The molecule has 0 aromatic heterocycles. The first-order valence-electron chi connectivity index (χ1n) is 5.75. The van der Waals surface area contributed by atoms with E-state index in [0.29, 0.717) is 18.0 Å². The molecule has 0 bridgehead atoms. The average Bonchev–Trinajstić information content (AvgIpc) is 2.27. The third kappa shape index (κ3) is 4.02. The van der Waals surface area contributed by atoms with Gasteiger partial charge in [-0.15, -0.1) is 11.6 Å². The van der Waals surface area contributed by atoms with Gasteiger partial charge in [-0.25, -0.2) is 8.42 Å². The summed E-state index contributed by atoms with van der Waals surface area (Å²) in [5.41, 5.74) is -5.10. The Morgan fingerprint density at radius 3 is 2.05 bits per heavy atom. The minimum Gasteiger partial charge on any atom is -0.380 e. The Bertz CT molecular complexity index is 553. The molecule has 1 rings (SSSR count). The fraction of sp³-hybridized carbons (Fsp3) is 0.500. The number of hydrogen-bond acceptors (Lipinski definition) is 3. The number of rotatable bonds is 5. The van der Waals surface area contributed by atoms with Gasteiger partial charge in [0.15, 0.2) is 0 Å². The fourth-order valence-electron chi connectivity index (χ4n) is 1.54. The largest absolute Gasteiger partial charge is 0.501 e. The Morgan fingerprint density at radius 1 is 1.15 bits per heavy atom. The van der Waals surface area contributed by atoms with Crippen LogP contribution in [0.15, 0.2) is 29.2 Å². The molecule has 1 aromatic rings. The van der Waals surface area contributed by atoms with Crippen LogP contribution in [0.25, 0.3) is 0 Å². The first-order chi connectivity index (χ1) is 8.99. The summed E-state index contributed by atoms with van der Waals surface area (Å²) in [4.78, 5) is -0.773. The number of halogens is 4.